The zero-order valence-electron chi connectivity index (χ0n) is 16.9. The van der Waals surface area contributed by atoms with Gasteiger partial charge in [0.25, 0.3) is 0 Å². The molecule has 2 aromatic carbocycles. The predicted octanol–water partition coefficient (Wildman–Crippen LogP) is 4.89. The van der Waals surface area contributed by atoms with Crippen molar-refractivity contribution >= 4 is 34.0 Å². The molecule has 4 heterocycles. The molecule has 7 nitrogen and oxygen atoms in total. The highest BCUT2D eigenvalue weighted by atomic mass is 35.5. The fourth-order valence-corrected chi connectivity index (χ4v) is 4.26. The first-order chi connectivity index (χ1) is 15.8. The maximum absolute atomic E-state index is 6.22. The Bertz CT molecular complexity index is 1440. The van der Waals surface area contributed by atoms with Crippen LogP contribution in [0.1, 0.15) is 5.56 Å². The molecule has 0 saturated carbocycles. The van der Waals surface area contributed by atoms with Crippen LogP contribution in [-0.4, -0.2) is 36.4 Å². The lowest BCUT2D eigenvalue weighted by molar-refractivity contribution is 0.974. The van der Waals surface area contributed by atoms with Gasteiger partial charge in [-0.15, -0.1) is 0 Å². The number of hydrogen-bond acceptors (Lipinski definition) is 7. The molecule has 3 aromatic heterocycles. The van der Waals surface area contributed by atoms with Crippen molar-refractivity contribution in [3.8, 4) is 22.6 Å². The fourth-order valence-electron chi connectivity index (χ4n) is 4.07. The molecular formula is C24H16ClN7. The number of benzene rings is 2. The molecule has 0 N–H and O–H groups in total. The zero-order chi connectivity index (χ0) is 21.5. The second kappa shape index (κ2) is 7.62. The summed E-state index contributed by atoms with van der Waals surface area (Å²) >= 11 is 6.22. The number of aromatic nitrogens is 6. The van der Waals surface area contributed by atoms with E-state index in [0.717, 1.165) is 51.5 Å². The van der Waals surface area contributed by atoms with Gasteiger partial charge in [-0.3, -0.25) is 4.98 Å². The third kappa shape index (κ3) is 3.23. The number of fused-ring (bicyclic) bond motifs is 2. The Kier molecular flexibility index (Phi) is 4.47. The van der Waals surface area contributed by atoms with E-state index in [1.54, 1.807) is 31.0 Å². The van der Waals surface area contributed by atoms with Gasteiger partial charge >= 0.3 is 0 Å². The minimum absolute atomic E-state index is 0.532. The van der Waals surface area contributed by atoms with E-state index in [9.17, 15) is 0 Å². The quantitative estimate of drug-likeness (QED) is 0.397. The summed E-state index contributed by atoms with van der Waals surface area (Å²) in [5, 5.41) is 1.70. The number of rotatable bonds is 3. The van der Waals surface area contributed by atoms with Gasteiger partial charge in [0.05, 0.1) is 11.7 Å². The van der Waals surface area contributed by atoms with Crippen LogP contribution < -0.4 is 4.90 Å². The summed E-state index contributed by atoms with van der Waals surface area (Å²) in [5.41, 5.74) is 5.68. The van der Waals surface area contributed by atoms with Crippen molar-refractivity contribution in [1.29, 1.82) is 0 Å². The first-order valence-corrected chi connectivity index (χ1v) is 10.5. The Morgan fingerprint density at radius 2 is 1.75 bits per heavy atom. The molecule has 5 aromatic rings. The second-order valence-electron chi connectivity index (χ2n) is 7.50. The molecule has 0 fully saturated rings. The van der Waals surface area contributed by atoms with Crippen LogP contribution in [-0.2, 0) is 6.42 Å². The van der Waals surface area contributed by atoms with Gasteiger partial charge in [-0.25, -0.2) is 24.9 Å². The molecule has 6 rings (SSSR count). The van der Waals surface area contributed by atoms with Crippen molar-refractivity contribution < 1.29 is 0 Å². The van der Waals surface area contributed by atoms with E-state index in [2.05, 4.69) is 43.0 Å². The summed E-state index contributed by atoms with van der Waals surface area (Å²) in [6.07, 6.45) is 11.0. The lowest BCUT2D eigenvalue weighted by Crippen LogP contribution is -2.16. The van der Waals surface area contributed by atoms with Crippen LogP contribution in [0.5, 0.6) is 0 Å². The van der Waals surface area contributed by atoms with Crippen molar-refractivity contribution in [1.82, 2.24) is 29.9 Å². The third-order valence-electron chi connectivity index (χ3n) is 5.56. The summed E-state index contributed by atoms with van der Waals surface area (Å²) in [4.78, 5) is 28.9. The summed E-state index contributed by atoms with van der Waals surface area (Å²) in [5.74, 6) is 1.37. The van der Waals surface area contributed by atoms with E-state index in [1.807, 2.05) is 18.2 Å². The first kappa shape index (κ1) is 18.8. The Labute approximate surface area is 188 Å². The Balaban J connectivity index is 1.57. The average molecular weight is 438 g/mol. The van der Waals surface area contributed by atoms with Crippen LogP contribution in [0.3, 0.4) is 0 Å². The van der Waals surface area contributed by atoms with Gasteiger partial charge in [0.15, 0.2) is 5.82 Å². The molecule has 0 spiro atoms. The highest BCUT2D eigenvalue weighted by Crippen LogP contribution is 2.39. The standard InChI is InChI=1S/C24H16ClN7/c25-18-2-4-22-16(9-18)5-8-32(22)24-19-3-1-15(17-11-27-14-28-12-17)10-20(19)30-23(31-24)21-13-26-6-7-29-21/h1-4,6-7,9-14H,5,8H2. The van der Waals surface area contributed by atoms with Gasteiger partial charge in [-0.2, -0.15) is 0 Å². The minimum Gasteiger partial charge on any atom is -0.325 e. The number of hydrogen-bond donors (Lipinski definition) is 0. The van der Waals surface area contributed by atoms with Crippen LogP contribution in [0.2, 0.25) is 5.02 Å². The number of nitrogens with zero attached hydrogens (tertiary/aromatic N) is 7. The molecular weight excluding hydrogens is 422 g/mol. The summed E-state index contributed by atoms with van der Waals surface area (Å²) < 4.78 is 0. The van der Waals surface area contributed by atoms with Crippen LogP contribution in [0.25, 0.3) is 33.5 Å². The normalized spacial score (nSPS) is 12.8. The molecule has 0 atom stereocenters. The Morgan fingerprint density at radius 3 is 2.59 bits per heavy atom. The van der Waals surface area contributed by atoms with Crippen LogP contribution in [0, 0.1) is 0 Å². The minimum atomic E-state index is 0.532. The van der Waals surface area contributed by atoms with Gasteiger partial charge in [0.2, 0.25) is 0 Å². The van der Waals surface area contributed by atoms with Gasteiger partial charge in [0, 0.05) is 53.0 Å². The smallest absolute Gasteiger partial charge is 0.182 e. The molecule has 32 heavy (non-hydrogen) atoms. The van der Waals surface area contributed by atoms with E-state index in [0.29, 0.717) is 11.5 Å². The summed E-state index contributed by atoms with van der Waals surface area (Å²) in [6, 6.07) is 12.1. The molecule has 0 radical (unpaired) electrons. The maximum atomic E-state index is 6.22. The lowest BCUT2D eigenvalue weighted by atomic mass is 10.1. The molecule has 0 amide bonds. The predicted molar refractivity (Wildman–Crippen MR) is 124 cm³/mol. The van der Waals surface area contributed by atoms with E-state index >= 15 is 0 Å². The number of halogens is 1. The van der Waals surface area contributed by atoms with Crippen molar-refractivity contribution in [2.75, 3.05) is 11.4 Å². The lowest BCUT2D eigenvalue weighted by Gasteiger charge is -2.21. The topological polar surface area (TPSA) is 80.6 Å². The van der Waals surface area contributed by atoms with Gasteiger partial charge in [-0.1, -0.05) is 17.7 Å². The third-order valence-corrected chi connectivity index (χ3v) is 5.79. The van der Waals surface area contributed by atoms with Crippen molar-refractivity contribution in [2.24, 2.45) is 0 Å². The van der Waals surface area contributed by atoms with E-state index < -0.39 is 0 Å². The van der Waals surface area contributed by atoms with Gasteiger partial charge in [0.1, 0.15) is 17.8 Å². The molecule has 1 aliphatic heterocycles. The highest BCUT2D eigenvalue weighted by Gasteiger charge is 2.25. The SMILES string of the molecule is Clc1ccc2c(c1)CCN2c1nc(-c2cnccn2)nc2cc(-c3cncnc3)ccc12. The largest absolute Gasteiger partial charge is 0.325 e. The van der Waals surface area contributed by atoms with Crippen LogP contribution in [0.4, 0.5) is 11.5 Å². The van der Waals surface area contributed by atoms with Crippen molar-refractivity contribution in [3.05, 3.63) is 84.3 Å². The monoisotopic (exact) mass is 437 g/mol. The number of anilines is 2. The molecule has 1 aliphatic rings. The van der Waals surface area contributed by atoms with Gasteiger partial charge < -0.3 is 4.90 Å². The van der Waals surface area contributed by atoms with E-state index in [-0.39, 0.29) is 0 Å². The molecule has 154 valence electrons. The molecule has 0 unspecified atom stereocenters. The molecule has 0 saturated heterocycles. The van der Waals surface area contributed by atoms with E-state index in [4.69, 9.17) is 21.6 Å². The molecule has 0 aliphatic carbocycles. The summed E-state index contributed by atoms with van der Waals surface area (Å²) in [7, 11) is 0. The molecule has 0 bridgehead atoms. The molecule has 8 heteroatoms. The summed E-state index contributed by atoms with van der Waals surface area (Å²) in [6.45, 7) is 0.815. The maximum Gasteiger partial charge on any atom is 0.182 e. The Morgan fingerprint density at radius 1 is 0.844 bits per heavy atom. The van der Waals surface area contributed by atoms with Crippen molar-refractivity contribution in [2.45, 2.75) is 6.42 Å². The first-order valence-electron chi connectivity index (χ1n) is 10.2. The zero-order valence-corrected chi connectivity index (χ0v) is 17.6. The highest BCUT2D eigenvalue weighted by molar-refractivity contribution is 6.30. The second-order valence-corrected chi connectivity index (χ2v) is 7.93. The van der Waals surface area contributed by atoms with Crippen molar-refractivity contribution in [3.63, 3.8) is 0 Å². The fraction of sp³-hybridized carbons (Fsp3) is 0.0833. The van der Waals surface area contributed by atoms with Gasteiger partial charge in [-0.05, 0) is 47.9 Å². The van der Waals surface area contributed by atoms with E-state index in [1.165, 1.54) is 11.9 Å². The van der Waals surface area contributed by atoms with Crippen LogP contribution >= 0.6 is 11.6 Å². The van der Waals surface area contributed by atoms with Crippen LogP contribution in [0.15, 0.2) is 73.7 Å². The Hall–Kier alpha value is -3.97. The average Bonchev–Trinajstić information content (AvgIpc) is 3.27.